The highest BCUT2D eigenvalue weighted by molar-refractivity contribution is 7.87. The van der Waals surface area contributed by atoms with Gasteiger partial charge in [-0.15, -0.1) is 0 Å². The van der Waals surface area contributed by atoms with Crippen molar-refractivity contribution in [2.45, 2.75) is 6.42 Å². The van der Waals surface area contributed by atoms with E-state index in [0.717, 1.165) is 5.56 Å². The van der Waals surface area contributed by atoms with Crippen molar-refractivity contribution in [2.75, 3.05) is 5.75 Å². The highest BCUT2D eigenvalue weighted by Gasteiger charge is 2.37. The molecule has 1 aliphatic heterocycles. The lowest BCUT2D eigenvalue weighted by Crippen LogP contribution is -2.13. The van der Waals surface area contributed by atoms with Gasteiger partial charge in [-0.2, -0.15) is 8.42 Å². The lowest BCUT2D eigenvalue weighted by Gasteiger charge is -2.02. The number of hydrogen-bond donors (Lipinski definition) is 0. The fourth-order valence-corrected chi connectivity index (χ4v) is 2.78. The summed E-state index contributed by atoms with van der Waals surface area (Å²) in [5.41, 5.74) is 0.941. The highest BCUT2D eigenvalue weighted by Crippen LogP contribution is 2.20. The maximum atomic E-state index is 11.2. The second kappa shape index (κ2) is 3.66. The summed E-state index contributed by atoms with van der Waals surface area (Å²) in [6.07, 6.45) is 0.416. The smallest absolute Gasteiger partial charge is 0.326 e. The molecule has 80 valence electrons. The quantitative estimate of drug-likeness (QED) is 0.697. The molecule has 0 amide bonds. The summed E-state index contributed by atoms with van der Waals surface area (Å²) < 4.78 is 26.3. The molecule has 1 heterocycles. The summed E-state index contributed by atoms with van der Waals surface area (Å²) in [7, 11) is -3.61. The van der Waals surface area contributed by atoms with E-state index in [2.05, 4.69) is 4.18 Å². The van der Waals surface area contributed by atoms with Gasteiger partial charge in [0.15, 0.2) is 0 Å². The molecule has 0 aromatic heterocycles. The molecule has 5 heteroatoms. The number of hydrogen-bond acceptors (Lipinski definition) is 4. The molecule has 4 nitrogen and oxygen atoms in total. The van der Waals surface area contributed by atoms with Crippen molar-refractivity contribution in [3.05, 3.63) is 35.9 Å². The van der Waals surface area contributed by atoms with Gasteiger partial charge in [0, 0.05) is 0 Å². The molecule has 1 saturated heterocycles. The van der Waals surface area contributed by atoms with E-state index in [1.54, 1.807) is 0 Å². The van der Waals surface area contributed by atoms with Crippen molar-refractivity contribution in [1.29, 1.82) is 0 Å². The maximum Gasteiger partial charge on any atom is 0.326 e. The number of carbonyl (C=O) groups excluding carboxylic acids is 1. The Morgan fingerprint density at radius 1 is 1.27 bits per heavy atom. The first-order chi connectivity index (χ1) is 7.07. The molecule has 1 unspecified atom stereocenters. The normalized spacial score (nSPS) is 23.7. The van der Waals surface area contributed by atoms with Crippen LogP contribution in [0.25, 0.3) is 0 Å². The Kier molecular flexibility index (Phi) is 2.48. The molecule has 1 fully saturated rings. The van der Waals surface area contributed by atoms with E-state index in [-0.39, 0.29) is 5.75 Å². The third kappa shape index (κ3) is 2.36. The minimum absolute atomic E-state index is 0.208. The third-order valence-electron chi connectivity index (χ3n) is 2.27. The monoisotopic (exact) mass is 226 g/mol. The van der Waals surface area contributed by atoms with E-state index in [9.17, 15) is 13.2 Å². The second-order valence-corrected chi connectivity index (χ2v) is 5.13. The van der Waals surface area contributed by atoms with Gasteiger partial charge in [-0.05, 0) is 12.0 Å². The summed E-state index contributed by atoms with van der Waals surface area (Å²) in [5.74, 6) is -1.41. The van der Waals surface area contributed by atoms with E-state index in [1.165, 1.54) is 0 Å². The molecule has 0 radical (unpaired) electrons. The summed E-state index contributed by atoms with van der Waals surface area (Å²) in [6.45, 7) is 0. The number of benzene rings is 1. The Balaban J connectivity index is 2.12. The minimum atomic E-state index is -3.61. The predicted molar refractivity (Wildman–Crippen MR) is 53.5 cm³/mol. The number of rotatable bonds is 2. The first-order valence-electron chi connectivity index (χ1n) is 4.57. The molecule has 0 spiro atoms. The Morgan fingerprint density at radius 3 is 2.47 bits per heavy atom. The zero-order valence-corrected chi connectivity index (χ0v) is 8.74. The van der Waals surface area contributed by atoms with Crippen molar-refractivity contribution < 1.29 is 17.4 Å². The van der Waals surface area contributed by atoms with Crippen LogP contribution in [-0.2, 0) is 25.5 Å². The van der Waals surface area contributed by atoms with E-state index in [1.807, 2.05) is 30.3 Å². The molecule has 0 aliphatic carbocycles. The van der Waals surface area contributed by atoms with Crippen LogP contribution in [0.1, 0.15) is 5.56 Å². The van der Waals surface area contributed by atoms with Gasteiger partial charge in [-0.25, -0.2) is 0 Å². The molecule has 1 aliphatic rings. The lowest BCUT2D eigenvalue weighted by atomic mass is 10.0. The van der Waals surface area contributed by atoms with Crippen molar-refractivity contribution >= 4 is 16.1 Å². The Labute approximate surface area is 88.0 Å². The van der Waals surface area contributed by atoms with Crippen molar-refractivity contribution in [2.24, 2.45) is 5.92 Å². The van der Waals surface area contributed by atoms with Crippen LogP contribution < -0.4 is 0 Å². The van der Waals surface area contributed by atoms with E-state index in [0.29, 0.717) is 6.42 Å². The molecular formula is C10H10O4S. The average molecular weight is 226 g/mol. The summed E-state index contributed by atoms with van der Waals surface area (Å²) >= 11 is 0. The van der Waals surface area contributed by atoms with Crippen LogP contribution in [-0.4, -0.2) is 20.1 Å². The van der Waals surface area contributed by atoms with Gasteiger partial charge in [0.1, 0.15) is 5.75 Å². The summed E-state index contributed by atoms with van der Waals surface area (Å²) in [5, 5.41) is 0. The van der Waals surface area contributed by atoms with E-state index < -0.39 is 22.0 Å². The van der Waals surface area contributed by atoms with Crippen molar-refractivity contribution in [1.82, 2.24) is 0 Å². The van der Waals surface area contributed by atoms with Gasteiger partial charge in [0.25, 0.3) is 0 Å². The minimum Gasteiger partial charge on any atom is -0.345 e. The zero-order valence-electron chi connectivity index (χ0n) is 7.92. The molecule has 0 saturated carbocycles. The van der Waals surface area contributed by atoms with Crippen LogP contribution in [0.15, 0.2) is 30.3 Å². The number of carbonyl (C=O) groups is 1. The third-order valence-corrected chi connectivity index (χ3v) is 3.50. The van der Waals surface area contributed by atoms with E-state index >= 15 is 0 Å². The van der Waals surface area contributed by atoms with Gasteiger partial charge in [0.05, 0.1) is 5.92 Å². The molecule has 0 bridgehead atoms. The maximum absolute atomic E-state index is 11.2. The fraction of sp³-hybridized carbons (Fsp3) is 0.300. The van der Waals surface area contributed by atoms with Gasteiger partial charge in [-0.3, -0.25) is 4.79 Å². The second-order valence-electron chi connectivity index (χ2n) is 3.51. The van der Waals surface area contributed by atoms with Gasteiger partial charge in [0.2, 0.25) is 0 Å². The molecule has 2 rings (SSSR count). The van der Waals surface area contributed by atoms with Crippen molar-refractivity contribution in [3.63, 3.8) is 0 Å². The first-order valence-corrected chi connectivity index (χ1v) is 6.14. The lowest BCUT2D eigenvalue weighted by molar-refractivity contribution is -0.135. The Hall–Kier alpha value is -1.36. The topological polar surface area (TPSA) is 60.4 Å². The average Bonchev–Trinajstić information content (AvgIpc) is 2.41. The SMILES string of the molecule is O=C1OS(=O)(=O)CC1Cc1ccccc1. The fourth-order valence-electron chi connectivity index (χ4n) is 1.58. The highest BCUT2D eigenvalue weighted by atomic mass is 32.2. The van der Waals surface area contributed by atoms with Crippen LogP contribution >= 0.6 is 0 Å². The molecule has 15 heavy (non-hydrogen) atoms. The van der Waals surface area contributed by atoms with Crippen LogP contribution in [0.5, 0.6) is 0 Å². The van der Waals surface area contributed by atoms with Crippen LogP contribution in [0.3, 0.4) is 0 Å². The van der Waals surface area contributed by atoms with Gasteiger partial charge >= 0.3 is 16.1 Å². The predicted octanol–water partition coefficient (Wildman–Crippen LogP) is 0.732. The largest absolute Gasteiger partial charge is 0.345 e. The van der Waals surface area contributed by atoms with Gasteiger partial charge in [-0.1, -0.05) is 30.3 Å². The standard InChI is InChI=1S/C10H10O4S/c11-10-9(7-15(12,13)14-10)6-8-4-2-1-3-5-8/h1-5,9H,6-7H2. The van der Waals surface area contributed by atoms with Crippen LogP contribution in [0, 0.1) is 5.92 Å². The molecule has 1 aromatic rings. The van der Waals surface area contributed by atoms with E-state index in [4.69, 9.17) is 0 Å². The van der Waals surface area contributed by atoms with Crippen LogP contribution in [0.4, 0.5) is 0 Å². The molecule has 1 atom stereocenters. The Morgan fingerprint density at radius 2 is 1.93 bits per heavy atom. The van der Waals surface area contributed by atoms with Crippen LogP contribution in [0.2, 0.25) is 0 Å². The first kappa shape index (κ1) is 10.2. The van der Waals surface area contributed by atoms with Crippen molar-refractivity contribution in [3.8, 4) is 0 Å². The molecule has 1 aromatic carbocycles. The molecule has 0 N–H and O–H groups in total. The molecular weight excluding hydrogens is 216 g/mol. The van der Waals surface area contributed by atoms with Gasteiger partial charge < -0.3 is 4.18 Å². The summed E-state index contributed by atoms with van der Waals surface area (Å²) in [6, 6.07) is 9.29. The Bertz CT molecular complexity index is 463. The zero-order chi connectivity index (χ0) is 10.9. The summed E-state index contributed by atoms with van der Waals surface area (Å²) in [4.78, 5) is 11.2.